The molecule has 1 aliphatic carbocycles. The van der Waals surface area contributed by atoms with Gasteiger partial charge >= 0.3 is 5.97 Å². The van der Waals surface area contributed by atoms with Crippen LogP contribution in [-0.4, -0.2) is 25.8 Å². The molecule has 1 aromatic rings. The van der Waals surface area contributed by atoms with Crippen LogP contribution < -0.4 is 0 Å². The Balaban J connectivity index is 2.01. The summed E-state index contributed by atoms with van der Waals surface area (Å²) >= 11 is 0. The third-order valence-corrected chi connectivity index (χ3v) is 3.06. The molecule has 0 unspecified atom stereocenters. The summed E-state index contributed by atoms with van der Waals surface area (Å²) in [7, 11) is 0. The van der Waals surface area contributed by atoms with E-state index in [2.05, 4.69) is 10.1 Å². The molecule has 5 nitrogen and oxygen atoms in total. The van der Waals surface area contributed by atoms with Gasteiger partial charge < -0.3 is 5.11 Å². The van der Waals surface area contributed by atoms with Crippen LogP contribution in [0.4, 0.5) is 4.39 Å². The van der Waals surface area contributed by atoms with Gasteiger partial charge in [0.05, 0.1) is 6.04 Å². The Labute approximate surface area is 84.9 Å². The number of hydrogen-bond donors (Lipinski definition) is 1. The maximum atomic E-state index is 13.5. The first-order valence-electron chi connectivity index (χ1n) is 5.00. The number of fused-ring (bicyclic) bond motifs is 1. The standard InChI is InChI=1S/C9H10FN3O2/c10-5-3-6(4-1-2-4)13-8(5)11-7(12-13)9(14)15/h4-6H,1-3H2,(H,14,15)/t5-,6-/m0/s1. The molecule has 0 aromatic carbocycles. The van der Waals surface area contributed by atoms with Gasteiger partial charge in [0, 0.05) is 6.42 Å². The number of aromatic carboxylic acids is 1. The van der Waals surface area contributed by atoms with Gasteiger partial charge in [0.2, 0.25) is 0 Å². The van der Waals surface area contributed by atoms with Crippen LogP contribution in [0.25, 0.3) is 0 Å². The fourth-order valence-corrected chi connectivity index (χ4v) is 2.17. The molecule has 2 atom stereocenters. The van der Waals surface area contributed by atoms with E-state index in [0.29, 0.717) is 12.3 Å². The minimum Gasteiger partial charge on any atom is -0.475 e. The maximum absolute atomic E-state index is 13.5. The average molecular weight is 211 g/mol. The van der Waals surface area contributed by atoms with Gasteiger partial charge in [0.1, 0.15) is 0 Å². The molecular weight excluding hydrogens is 201 g/mol. The number of hydrogen-bond acceptors (Lipinski definition) is 3. The molecule has 6 heteroatoms. The lowest BCUT2D eigenvalue weighted by Gasteiger charge is -2.08. The molecule has 1 fully saturated rings. The SMILES string of the molecule is O=C(O)c1nc2n(n1)[C@H](C1CC1)C[C@@H]2F. The van der Waals surface area contributed by atoms with Gasteiger partial charge in [-0.05, 0) is 18.8 Å². The molecule has 1 aromatic heterocycles. The summed E-state index contributed by atoms with van der Waals surface area (Å²) in [6, 6.07) is 0.0237. The highest BCUT2D eigenvalue weighted by Gasteiger charge is 2.43. The van der Waals surface area contributed by atoms with Crippen molar-refractivity contribution in [2.24, 2.45) is 5.92 Å². The summed E-state index contributed by atoms with van der Waals surface area (Å²) in [5, 5.41) is 12.6. The second-order valence-corrected chi connectivity index (χ2v) is 4.15. The molecule has 3 rings (SSSR count). The summed E-state index contributed by atoms with van der Waals surface area (Å²) in [5.74, 6) is -0.839. The first-order chi connectivity index (χ1) is 7.16. The van der Waals surface area contributed by atoms with E-state index < -0.39 is 12.1 Å². The highest BCUT2D eigenvalue weighted by Crippen LogP contribution is 2.48. The Bertz CT molecular complexity index is 427. The Kier molecular flexibility index (Phi) is 1.63. The molecule has 0 amide bonds. The predicted octanol–water partition coefficient (Wildman–Crippen LogP) is 1.34. The third-order valence-electron chi connectivity index (χ3n) is 3.06. The number of halogens is 1. The second-order valence-electron chi connectivity index (χ2n) is 4.15. The predicted molar refractivity (Wildman–Crippen MR) is 47.2 cm³/mol. The second kappa shape index (κ2) is 2.77. The molecule has 1 aliphatic heterocycles. The first-order valence-corrected chi connectivity index (χ1v) is 5.00. The molecule has 0 radical (unpaired) electrons. The van der Waals surface area contributed by atoms with Crippen molar-refractivity contribution in [3.63, 3.8) is 0 Å². The van der Waals surface area contributed by atoms with E-state index in [-0.39, 0.29) is 17.7 Å². The smallest absolute Gasteiger partial charge is 0.375 e. The molecule has 1 saturated carbocycles. The number of carboxylic acid groups (broad SMARTS) is 1. The maximum Gasteiger partial charge on any atom is 0.375 e. The van der Waals surface area contributed by atoms with E-state index in [9.17, 15) is 9.18 Å². The van der Waals surface area contributed by atoms with Crippen LogP contribution in [0.1, 0.15) is 47.9 Å². The Morgan fingerprint density at radius 2 is 2.27 bits per heavy atom. The van der Waals surface area contributed by atoms with Crippen LogP contribution in [0.3, 0.4) is 0 Å². The number of alkyl halides is 1. The molecule has 15 heavy (non-hydrogen) atoms. The first kappa shape index (κ1) is 8.82. The minimum absolute atomic E-state index is 0.0237. The molecule has 80 valence electrons. The van der Waals surface area contributed by atoms with Gasteiger partial charge in [-0.1, -0.05) is 0 Å². The van der Waals surface area contributed by atoms with Crippen molar-refractivity contribution in [1.82, 2.24) is 14.8 Å². The van der Waals surface area contributed by atoms with Crippen molar-refractivity contribution in [2.45, 2.75) is 31.5 Å². The van der Waals surface area contributed by atoms with Crippen LogP contribution in [0.5, 0.6) is 0 Å². The van der Waals surface area contributed by atoms with Crippen molar-refractivity contribution in [3.05, 3.63) is 11.6 Å². The molecule has 1 N–H and O–H groups in total. The summed E-state index contributed by atoms with van der Waals surface area (Å²) in [4.78, 5) is 14.4. The van der Waals surface area contributed by atoms with E-state index in [4.69, 9.17) is 5.11 Å². The minimum atomic E-state index is -1.20. The molecular formula is C9H10FN3O2. The van der Waals surface area contributed by atoms with E-state index in [1.165, 1.54) is 4.68 Å². The van der Waals surface area contributed by atoms with Gasteiger partial charge in [-0.3, -0.25) is 0 Å². The number of carboxylic acids is 1. The van der Waals surface area contributed by atoms with Gasteiger partial charge in [-0.15, -0.1) is 5.10 Å². The number of aromatic nitrogens is 3. The van der Waals surface area contributed by atoms with E-state index in [1.54, 1.807) is 0 Å². The molecule has 2 aliphatic rings. The van der Waals surface area contributed by atoms with Crippen molar-refractivity contribution >= 4 is 5.97 Å². The number of rotatable bonds is 2. The van der Waals surface area contributed by atoms with Crippen LogP contribution in [-0.2, 0) is 0 Å². The molecule has 0 bridgehead atoms. The van der Waals surface area contributed by atoms with Crippen LogP contribution in [0.15, 0.2) is 0 Å². The zero-order chi connectivity index (χ0) is 10.6. The van der Waals surface area contributed by atoms with E-state index in [0.717, 1.165) is 12.8 Å². The van der Waals surface area contributed by atoms with Crippen molar-refractivity contribution in [1.29, 1.82) is 0 Å². The Hall–Kier alpha value is -1.46. The Morgan fingerprint density at radius 3 is 2.87 bits per heavy atom. The highest BCUT2D eigenvalue weighted by atomic mass is 19.1. The lowest BCUT2D eigenvalue weighted by atomic mass is 10.1. The zero-order valence-corrected chi connectivity index (χ0v) is 7.93. The van der Waals surface area contributed by atoms with Gasteiger partial charge in [0.15, 0.2) is 12.0 Å². The van der Waals surface area contributed by atoms with E-state index >= 15 is 0 Å². The van der Waals surface area contributed by atoms with Gasteiger partial charge in [-0.25, -0.2) is 18.9 Å². The largest absolute Gasteiger partial charge is 0.475 e. The van der Waals surface area contributed by atoms with Gasteiger partial charge in [-0.2, -0.15) is 0 Å². The normalized spacial score (nSPS) is 29.1. The summed E-state index contributed by atoms with van der Waals surface area (Å²) in [6.07, 6.45) is 1.41. The molecule has 0 saturated heterocycles. The fraction of sp³-hybridized carbons (Fsp3) is 0.667. The average Bonchev–Trinajstić information content (AvgIpc) is 2.83. The van der Waals surface area contributed by atoms with Crippen LogP contribution in [0.2, 0.25) is 0 Å². The van der Waals surface area contributed by atoms with Crippen molar-refractivity contribution in [2.75, 3.05) is 0 Å². The monoisotopic (exact) mass is 211 g/mol. The Morgan fingerprint density at radius 1 is 1.53 bits per heavy atom. The van der Waals surface area contributed by atoms with Crippen LogP contribution in [0, 0.1) is 5.92 Å². The third kappa shape index (κ3) is 1.24. The fourth-order valence-electron chi connectivity index (χ4n) is 2.17. The van der Waals surface area contributed by atoms with E-state index in [1.807, 2.05) is 0 Å². The van der Waals surface area contributed by atoms with Crippen molar-refractivity contribution < 1.29 is 14.3 Å². The summed E-state index contributed by atoms with van der Waals surface area (Å²) in [6.45, 7) is 0. The highest BCUT2D eigenvalue weighted by molar-refractivity contribution is 5.82. The molecule has 2 heterocycles. The topological polar surface area (TPSA) is 68.0 Å². The van der Waals surface area contributed by atoms with Crippen LogP contribution >= 0.6 is 0 Å². The lowest BCUT2D eigenvalue weighted by Crippen LogP contribution is -2.09. The number of nitrogens with zero attached hydrogens (tertiary/aromatic N) is 3. The zero-order valence-electron chi connectivity index (χ0n) is 7.93. The van der Waals surface area contributed by atoms with Crippen molar-refractivity contribution in [3.8, 4) is 0 Å². The summed E-state index contributed by atoms with van der Waals surface area (Å²) in [5.41, 5.74) is 0. The van der Waals surface area contributed by atoms with Gasteiger partial charge in [0.25, 0.3) is 5.82 Å². The lowest BCUT2D eigenvalue weighted by molar-refractivity contribution is 0.0682. The quantitative estimate of drug-likeness (QED) is 0.801. The molecule has 0 spiro atoms. The summed E-state index contributed by atoms with van der Waals surface area (Å²) < 4.78 is 15.0. The number of carbonyl (C=O) groups is 1.